The molecule has 1 amide bonds. The minimum absolute atomic E-state index is 0.311. The van der Waals surface area contributed by atoms with Gasteiger partial charge in [0.15, 0.2) is 0 Å². The van der Waals surface area contributed by atoms with Gasteiger partial charge in [0.25, 0.3) is 0 Å². The molecule has 1 aromatic rings. The normalized spacial score (nSPS) is 27.6. The van der Waals surface area contributed by atoms with Crippen LogP contribution in [0.15, 0.2) is 18.3 Å². The summed E-state index contributed by atoms with van der Waals surface area (Å²) in [5.41, 5.74) is 0.587. The Hall–Kier alpha value is -2.09. The standard InChI is InChI=1S/C16H18N4O/c17-7-11-1-4-15(18-8-11)19-9-13-5-6-20(14(13)10-19)16(21)12-2-3-12/h1,4,8,12-14H,2-3,5-6,9-10H2. The van der Waals surface area contributed by atoms with E-state index in [1.807, 2.05) is 12.1 Å². The number of hydrogen-bond acceptors (Lipinski definition) is 4. The van der Waals surface area contributed by atoms with Gasteiger partial charge < -0.3 is 9.80 Å². The summed E-state index contributed by atoms with van der Waals surface area (Å²) in [6.45, 7) is 2.78. The Morgan fingerprint density at radius 2 is 2.14 bits per heavy atom. The molecule has 1 aromatic heterocycles. The predicted octanol–water partition coefficient (Wildman–Crippen LogP) is 1.40. The van der Waals surface area contributed by atoms with E-state index in [0.717, 1.165) is 44.7 Å². The van der Waals surface area contributed by atoms with Gasteiger partial charge in [-0.3, -0.25) is 4.79 Å². The second-order valence-electron chi connectivity index (χ2n) is 6.34. The zero-order valence-corrected chi connectivity index (χ0v) is 11.9. The molecule has 0 N–H and O–H groups in total. The van der Waals surface area contributed by atoms with E-state index in [0.29, 0.717) is 29.3 Å². The molecule has 0 radical (unpaired) electrons. The first-order valence-electron chi connectivity index (χ1n) is 7.68. The lowest BCUT2D eigenvalue weighted by atomic mass is 10.1. The Kier molecular flexibility index (Phi) is 2.85. The first-order valence-corrected chi connectivity index (χ1v) is 7.68. The van der Waals surface area contributed by atoms with Crippen molar-refractivity contribution >= 4 is 11.7 Å². The number of fused-ring (bicyclic) bond motifs is 1. The number of anilines is 1. The number of carbonyl (C=O) groups is 1. The van der Waals surface area contributed by atoms with Crippen LogP contribution in [0.25, 0.3) is 0 Å². The molecule has 2 aliphatic heterocycles. The van der Waals surface area contributed by atoms with Gasteiger partial charge in [-0.1, -0.05) is 0 Å². The van der Waals surface area contributed by atoms with Crippen LogP contribution in [0.4, 0.5) is 5.82 Å². The molecular formula is C16H18N4O. The second-order valence-corrected chi connectivity index (χ2v) is 6.34. The van der Waals surface area contributed by atoms with Gasteiger partial charge in [-0.25, -0.2) is 4.98 Å². The molecule has 5 nitrogen and oxygen atoms in total. The highest BCUT2D eigenvalue weighted by molar-refractivity contribution is 5.81. The minimum Gasteiger partial charge on any atom is -0.354 e. The van der Waals surface area contributed by atoms with Gasteiger partial charge in [-0.15, -0.1) is 0 Å². The number of rotatable bonds is 2. The van der Waals surface area contributed by atoms with Crippen LogP contribution in [0, 0.1) is 23.2 Å². The van der Waals surface area contributed by atoms with Crippen LogP contribution in [-0.2, 0) is 4.79 Å². The van der Waals surface area contributed by atoms with Crippen molar-refractivity contribution < 1.29 is 4.79 Å². The zero-order valence-electron chi connectivity index (χ0n) is 11.9. The minimum atomic E-state index is 0.311. The van der Waals surface area contributed by atoms with Crippen molar-refractivity contribution in [2.24, 2.45) is 11.8 Å². The molecule has 0 bridgehead atoms. The molecule has 1 saturated carbocycles. The fraction of sp³-hybridized carbons (Fsp3) is 0.562. The SMILES string of the molecule is N#Cc1ccc(N2CC3CCN(C(=O)C4CC4)C3C2)nc1. The smallest absolute Gasteiger partial charge is 0.226 e. The molecule has 1 aliphatic carbocycles. The van der Waals surface area contributed by atoms with Crippen molar-refractivity contribution in [3.8, 4) is 6.07 Å². The van der Waals surface area contributed by atoms with Gasteiger partial charge in [0.1, 0.15) is 11.9 Å². The Morgan fingerprint density at radius 3 is 2.81 bits per heavy atom. The maximum atomic E-state index is 12.3. The topological polar surface area (TPSA) is 60.2 Å². The summed E-state index contributed by atoms with van der Waals surface area (Å²) in [6.07, 6.45) is 4.88. The number of hydrogen-bond donors (Lipinski definition) is 0. The van der Waals surface area contributed by atoms with Crippen molar-refractivity contribution in [2.45, 2.75) is 25.3 Å². The molecule has 2 saturated heterocycles. The largest absolute Gasteiger partial charge is 0.354 e. The third kappa shape index (κ3) is 2.15. The highest BCUT2D eigenvalue weighted by Crippen LogP contribution is 2.38. The summed E-state index contributed by atoms with van der Waals surface area (Å²) in [7, 11) is 0. The highest BCUT2D eigenvalue weighted by Gasteiger charge is 2.46. The molecule has 21 heavy (non-hydrogen) atoms. The first-order chi connectivity index (χ1) is 10.3. The first kappa shape index (κ1) is 12.6. The molecule has 3 heterocycles. The number of aromatic nitrogens is 1. The van der Waals surface area contributed by atoms with E-state index < -0.39 is 0 Å². The van der Waals surface area contributed by atoms with Crippen LogP contribution in [0.1, 0.15) is 24.8 Å². The molecule has 0 spiro atoms. The Morgan fingerprint density at radius 1 is 1.29 bits per heavy atom. The van der Waals surface area contributed by atoms with E-state index in [-0.39, 0.29) is 0 Å². The summed E-state index contributed by atoms with van der Waals surface area (Å²) >= 11 is 0. The van der Waals surface area contributed by atoms with Crippen LogP contribution in [0.5, 0.6) is 0 Å². The van der Waals surface area contributed by atoms with E-state index in [9.17, 15) is 4.79 Å². The van der Waals surface area contributed by atoms with Gasteiger partial charge >= 0.3 is 0 Å². The van der Waals surface area contributed by atoms with E-state index >= 15 is 0 Å². The summed E-state index contributed by atoms with van der Waals surface area (Å²) in [4.78, 5) is 21.1. The predicted molar refractivity (Wildman–Crippen MR) is 77.5 cm³/mol. The molecule has 4 rings (SSSR count). The lowest BCUT2D eigenvalue weighted by Gasteiger charge is -2.25. The summed E-state index contributed by atoms with van der Waals surface area (Å²) < 4.78 is 0. The Balaban J connectivity index is 1.49. The molecule has 5 heteroatoms. The molecule has 3 aliphatic rings. The average Bonchev–Trinajstić information content (AvgIpc) is 3.17. The van der Waals surface area contributed by atoms with Crippen molar-refractivity contribution in [1.29, 1.82) is 5.26 Å². The van der Waals surface area contributed by atoms with Crippen LogP contribution in [0.2, 0.25) is 0 Å². The average molecular weight is 282 g/mol. The summed E-state index contributed by atoms with van der Waals surface area (Å²) in [5.74, 6) is 2.18. The summed E-state index contributed by atoms with van der Waals surface area (Å²) in [5, 5.41) is 8.83. The highest BCUT2D eigenvalue weighted by atomic mass is 16.2. The number of likely N-dealkylation sites (tertiary alicyclic amines) is 1. The monoisotopic (exact) mass is 282 g/mol. The molecule has 0 aromatic carbocycles. The lowest BCUT2D eigenvalue weighted by Crippen LogP contribution is -2.40. The quantitative estimate of drug-likeness (QED) is 0.822. The maximum absolute atomic E-state index is 12.3. The lowest BCUT2D eigenvalue weighted by molar-refractivity contribution is -0.133. The van der Waals surface area contributed by atoms with Gasteiger partial charge in [0, 0.05) is 37.7 Å². The fourth-order valence-corrected chi connectivity index (χ4v) is 3.63. The number of amides is 1. The fourth-order valence-electron chi connectivity index (χ4n) is 3.63. The number of nitrogens with zero attached hydrogens (tertiary/aromatic N) is 4. The van der Waals surface area contributed by atoms with Gasteiger partial charge in [-0.05, 0) is 31.4 Å². The van der Waals surface area contributed by atoms with Crippen LogP contribution in [0.3, 0.4) is 0 Å². The molecule has 2 atom stereocenters. The maximum Gasteiger partial charge on any atom is 0.226 e. The third-order valence-electron chi connectivity index (χ3n) is 4.96. The Labute approximate surface area is 124 Å². The van der Waals surface area contributed by atoms with E-state index in [4.69, 9.17) is 5.26 Å². The van der Waals surface area contributed by atoms with Gasteiger partial charge in [0.2, 0.25) is 5.91 Å². The Bertz CT molecular complexity index is 602. The van der Waals surface area contributed by atoms with E-state index in [1.54, 1.807) is 6.20 Å². The second kappa shape index (κ2) is 4.73. The molecule has 108 valence electrons. The molecule has 2 unspecified atom stereocenters. The molecular weight excluding hydrogens is 264 g/mol. The van der Waals surface area contributed by atoms with Gasteiger partial charge in [0.05, 0.1) is 11.6 Å². The third-order valence-corrected chi connectivity index (χ3v) is 4.96. The van der Waals surface area contributed by atoms with Crippen molar-refractivity contribution in [2.75, 3.05) is 24.5 Å². The van der Waals surface area contributed by atoms with Crippen LogP contribution < -0.4 is 4.90 Å². The molecule has 3 fully saturated rings. The summed E-state index contributed by atoms with van der Waals surface area (Å²) in [6, 6.07) is 6.17. The number of pyridine rings is 1. The van der Waals surface area contributed by atoms with Crippen molar-refractivity contribution in [3.05, 3.63) is 23.9 Å². The van der Waals surface area contributed by atoms with E-state index in [2.05, 4.69) is 20.9 Å². The van der Waals surface area contributed by atoms with Crippen LogP contribution >= 0.6 is 0 Å². The van der Waals surface area contributed by atoms with Gasteiger partial charge in [-0.2, -0.15) is 5.26 Å². The van der Waals surface area contributed by atoms with E-state index in [1.165, 1.54) is 0 Å². The van der Waals surface area contributed by atoms with Crippen LogP contribution in [-0.4, -0.2) is 41.5 Å². The van der Waals surface area contributed by atoms with Crippen molar-refractivity contribution in [3.63, 3.8) is 0 Å². The zero-order chi connectivity index (χ0) is 14.4. The number of carbonyl (C=O) groups excluding carboxylic acids is 1. The van der Waals surface area contributed by atoms with Crippen molar-refractivity contribution in [1.82, 2.24) is 9.88 Å². The number of nitriles is 1.